The third-order valence-corrected chi connectivity index (χ3v) is 4.40. The van der Waals surface area contributed by atoms with Crippen LogP contribution in [-0.4, -0.2) is 44.8 Å². The summed E-state index contributed by atoms with van der Waals surface area (Å²) in [6.45, 7) is 0.202. The van der Waals surface area contributed by atoms with Crippen molar-refractivity contribution in [2.45, 2.75) is 6.61 Å². The average molecular weight is 465 g/mol. The van der Waals surface area contributed by atoms with Crippen molar-refractivity contribution in [2.75, 3.05) is 26.9 Å². The molecule has 29 heavy (non-hydrogen) atoms. The van der Waals surface area contributed by atoms with E-state index in [0.717, 1.165) is 10.0 Å². The minimum absolute atomic E-state index is 0.178. The highest BCUT2D eigenvalue weighted by Gasteiger charge is 2.16. The largest absolute Gasteiger partial charge is 0.488 e. The zero-order valence-corrected chi connectivity index (χ0v) is 17.4. The molecule has 2 rings (SSSR count). The number of urea groups is 1. The molecule has 3 amide bonds. The molecule has 0 saturated carbocycles. The summed E-state index contributed by atoms with van der Waals surface area (Å²) in [5, 5.41) is 4.47. The van der Waals surface area contributed by atoms with Crippen LogP contribution in [-0.2, 0) is 20.9 Å². The summed E-state index contributed by atoms with van der Waals surface area (Å²) in [6, 6.07) is 13.4. The molecular formula is C20H21BrN2O6. The number of esters is 1. The Kier molecular flexibility index (Phi) is 9.13. The fourth-order valence-electron chi connectivity index (χ4n) is 2.21. The Morgan fingerprint density at radius 1 is 1.03 bits per heavy atom. The van der Waals surface area contributed by atoms with Gasteiger partial charge in [0.15, 0.2) is 6.61 Å². The van der Waals surface area contributed by atoms with Crippen LogP contribution in [0.2, 0.25) is 0 Å². The lowest BCUT2D eigenvalue weighted by molar-refractivity contribution is -0.123. The normalized spacial score (nSPS) is 10.1. The van der Waals surface area contributed by atoms with Gasteiger partial charge in [0, 0.05) is 23.7 Å². The standard InChI is InChI=1S/C20H21BrN2O6/c1-27-11-10-22-20(26)23-18(24)13-29-19(25)15-7-3-5-9-17(15)28-12-14-6-2-4-8-16(14)21/h2-9H,10-13H2,1H3,(H2,22,23,24,26). The van der Waals surface area contributed by atoms with E-state index in [1.807, 2.05) is 24.3 Å². The lowest BCUT2D eigenvalue weighted by atomic mass is 10.2. The second kappa shape index (κ2) is 11.8. The Bertz CT molecular complexity index is 858. The number of para-hydroxylation sites is 1. The van der Waals surface area contributed by atoms with E-state index in [1.165, 1.54) is 13.2 Å². The number of amides is 3. The van der Waals surface area contributed by atoms with E-state index in [0.29, 0.717) is 12.4 Å². The molecule has 0 heterocycles. The summed E-state index contributed by atoms with van der Waals surface area (Å²) in [4.78, 5) is 35.6. The lowest BCUT2D eigenvalue weighted by Gasteiger charge is -2.12. The van der Waals surface area contributed by atoms with Crippen LogP contribution in [0, 0.1) is 0 Å². The van der Waals surface area contributed by atoms with E-state index >= 15 is 0 Å². The van der Waals surface area contributed by atoms with Crippen LogP contribution in [0.5, 0.6) is 5.75 Å². The molecule has 0 spiro atoms. The fourth-order valence-corrected chi connectivity index (χ4v) is 2.61. The molecule has 0 aliphatic heterocycles. The third kappa shape index (κ3) is 7.55. The van der Waals surface area contributed by atoms with Gasteiger partial charge in [0.25, 0.3) is 5.91 Å². The Labute approximate surface area is 176 Å². The first-order valence-corrected chi connectivity index (χ1v) is 9.49. The summed E-state index contributed by atoms with van der Waals surface area (Å²) in [6.07, 6.45) is 0. The molecule has 0 aromatic heterocycles. The van der Waals surface area contributed by atoms with E-state index in [-0.39, 0.29) is 18.7 Å². The maximum atomic E-state index is 12.3. The first-order valence-electron chi connectivity index (χ1n) is 8.70. The van der Waals surface area contributed by atoms with Gasteiger partial charge in [0.05, 0.1) is 6.61 Å². The topological polar surface area (TPSA) is 103 Å². The molecule has 2 aromatic carbocycles. The van der Waals surface area contributed by atoms with Crippen LogP contribution in [0.3, 0.4) is 0 Å². The lowest BCUT2D eigenvalue weighted by Crippen LogP contribution is -2.42. The molecule has 0 aliphatic rings. The van der Waals surface area contributed by atoms with E-state index in [9.17, 15) is 14.4 Å². The second-order valence-electron chi connectivity index (χ2n) is 5.75. The molecule has 154 valence electrons. The smallest absolute Gasteiger partial charge is 0.342 e. The van der Waals surface area contributed by atoms with E-state index in [1.54, 1.807) is 18.2 Å². The van der Waals surface area contributed by atoms with Crippen molar-refractivity contribution in [1.29, 1.82) is 0 Å². The molecule has 0 saturated heterocycles. The summed E-state index contributed by atoms with van der Waals surface area (Å²) in [5.74, 6) is -1.16. The van der Waals surface area contributed by atoms with Gasteiger partial charge in [-0.15, -0.1) is 0 Å². The van der Waals surface area contributed by atoms with Crippen LogP contribution in [0.4, 0.5) is 4.79 Å². The number of imide groups is 1. The second-order valence-corrected chi connectivity index (χ2v) is 6.60. The van der Waals surface area contributed by atoms with Crippen molar-refractivity contribution in [3.63, 3.8) is 0 Å². The highest BCUT2D eigenvalue weighted by atomic mass is 79.9. The highest BCUT2D eigenvalue weighted by molar-refractivity contribution is 9.10. The third-order valence-electron chi connectivity index (χ3n) is 3.63. The van der Waals surface area contributed by atoms with Crippen molar-refractivity contribution in [3.05, 3.63) is 64.1 Å². The SMILES string of the molecule is COCCNC(=O)NC(=O)COC(=O)c1ccccc1OCc1ccccc1Br. The fraction of sp³-hybridized carbons (Fsp3) is 0.250. The van der Waals surface area contributed by atoms with Crippen molar-refractivity contribution in [1.82, 2.24) is 10.6 Å². The Hall–Kier alpha value is -2.91. The molecule has 9 heteroatoms. The van der Waals surface area contributed by atoms with Gasteiger partial charge < -0.3 is 19.5 Å². The number of hydrogen-bond donors (Lipinski definition) is 2. The number of hydrogen-bond acceptors (Lipinski definition) is 6. The van der Waals surface area contributed by atoms with E-state index in [2.05, 4.69) is 26.6 Å². The van der Waals surface area contributed by atoms with Gasteiger partial charge in [-0.3, -0.25) is 10.1 Å². The number of rotatable bonds is 9. The van der Waals surface area contributed by atoms with Gasteiger partial charge in [0.1, 0.15) is 17.9 Å². The first kappa shape index (κ1) is 22.4. The van der Waals surface area contributed by atoms with Crippen molar-refractivity contribution in [3.8, 4) is 5.75 Å². The van der Waals surface area contributed by atoms with Crippen molar-refractivity contribution in [2.24, 2.45) is 0 Å². The molecule has 8 nitrogen and oxygen atoms in total. The van der Waals surface area contributed by atoms with Gasteiger partial charge in [-0.05, 0) is 18.2 Å². The maximum absolute atomic E-state index is 12.3. The van der Waals surface area contributed by atoms with Crippen LogP contribution in [0.25, 0.3) is 0 Å². The zero-order chi connectivity index (χ0) is 21.1. The summed E-state index contributed by atoms with van der Waals surface area (Å²) < 4.78 is 16.4. The minimum Gasteiger partial charge on any atom is -0.488 e. The summed E-state index contributed by atoms with van der Waals surface area (Å²) in [7, 11) is 1.49. The number of nitrogens with one attached hydrogen (secondary N) is 2. The monoisotopic (exact) mass is 464 g/mol. The Morgan fingerprint density at radius 3 is 2.52 bits per heavy atom. The molecule has 0 aliphatic carbocycles. The molecule has 2 aromatic rings. The Morgan fingerprint density at radius 2 is 1.76 bits per heavy atom. The molecule has 0 radical (unpaired) electrons. The van der Waals surface area contributed by atoms with Gasteiger partial charge in [-0.1, -0.05) is 46.3 Å². The molecule has 0 bridgehead atoms. The number of carbonyl (C=O) groups excluding carboxylic acids is 3. The maximum Gasteiger partial charge on any atom is 0.342 e. The van der Waals surface area contributed by atoms with Crippen molar-refractivity contribution >= 4 is 33.8 Å². The average Bonchev–Trinajstić information content (AvgIpc) is 2.72. The van der Waals surface area contributed by atoms with Crippen molar-refractivity contribution < 1.29 is 28.6 Å². The molecule has 2 N–H and O–H groups in total. The minimum atomic E-state index is -0.750. The zero-order valence-electron chi connectivity index (χ0n) is 15.8. The predicted octanol–water partition coefficient (Wildman–Crippen LogP) is 2.66. The molecular weight excluding hydrogens is 444 g/mol. The number of halogens is 1. The highest BCUT2D eigenvalue weighted by Crippen LogP contribution is 2.22. The summed E-state index contributed by atoms with van der Waals surface area (Å²) in [5.41, 5.74) is 1.09. The quantitative estimate of drug-likeness (QED) is 0.436. The van der Waals surface area contributed by atoms with Gasteiger partial charge in [-0.2, -0.15) is 0 Å². The van der Waals surface area contributed by atoms with Crippen LogP contribution < -0.4 is 15.4 Å². The van der Waals surface area contributed by atoms with Gasteiger partial charge in [0.2, 0.25) is 0 Å². The summed E-state index contributed by atoms with van der Waals surface area (Å²) >= 11 is 3.44. The number of carbonyl (C=O) groups is 3. The van der Waals surface area contributed by atoms with Crippen LogP contribution >= 0.6 is 15.9 Å². The van der Waals surface area contributed by atoms with Gasteiger partial charge in [-0.25, -0.2) is 9.59 Å². The van der Waals surface area contributed by atoms with E-state index in [4.69, 9.17) is 14.2 Å². The molecule has 0 unspecified atom stereocenters. The molecule has 0 atom stereocenters. The van der Waals surface area contributed by atoms with E-state index < -0.39 is 24.5 Å². The molecule has 0 fully saturated rings. The van der Waals surface area contributed by atoms with Crippen LogP contribution in [0.1, 0.15) is 15.9 Å². The number of benzene rings is 2. The predicted molar refractivity (Wildman–Crippen MR) is 109 cm³/mol. The Balaban J connectivity index is 1.88. The number of methoxy groups -OCH3 is 1. The van der Waals surface area contributed by atoms with Gasteiger partial charge >= 0.3 is 12.0 Å². The number of ether oxygens (including phenoxy) is 3. The first-order chi connectivity index (χ1) is 14.0. The van der Waals surface area contributed by atoms with Crippen LogP contribution in [0.15, 0.2) is 53.0 Å².